The van der Waals surface area contributed by atoms with Gasteiger partial charge in [-0.15, -0.1) is 0 Å². The van der Waals surface area contributed by atoms with E-state index in [0.29, 0.717) is 28.4 Å². The minimum absolute atomic E-state index is 0.166. The van der Waals surface area contributed by atoms with Crippen molar-refractivity contribution in [3.63, 3.8) is 0 Å². The zero-order valence-corrected chi connectivity index (χ0v) is 19.0. The molecule has 0 saturated carbocycles. The van der Waals surface area contributed by atoms with E-state index < -0.39 is 6.17 Å². The Hall–Kier alpha value is -3.12. The molecule has 4 rings (SSSR count). The first-order chi connectivity index (χ1) is 15.5. The third-order valence-electron chi connectivity index (χ3n) is 5.29. The van der Waals surface area contributed by atoms with Crippen molar-refractivity contribution in [1.29, 1.82) is 0 Å². The quantitative estimate of drug-likeness (QED) is 0.431. The number of likely N-dealkylation sites (N-methyl/N-ethyl adjacent to an activating group) is 1. The lowest BCUT2D eigenvalue weighted by atomic mass is 10.2. The Labute approximate surface area is 189 Å². The number of piperazine rings is 1. The first-order valence-electron chi connectivity index (χ1n) is 10.7. The Kier molecular flexibility index (Phi) is 6.90. The van der Waals surface area contributed by atoms with Gasteiger partial charge in [-0.25, -0.2) is 19.9 Å². The highest BCUT2D eigenvalue weighted by atomic mass is 32.1. The molecular formula is C20H27N9O2S. The zero-order chi connectivity index (χ0) is 22.5. The fraction of sp³-hybridized carbons (Fsp3) is 0.500. The number of fused-ring (bicyclic) bond motifs is 1. The van der Waals surface area contributed by atoms with Crippen molar-refractivity contribution in [3.8, 4) is 0 Å². The summed E-state index contributed by atoms with van der Waals surface area (Å²) in [4.78, 5) is 49.8. The second-order valence-corrected chi connectivity index (χ2v) is 8.76. The Morgan fingerprint density at radius 1 is 1.19 bits per heavy atom. The number of hydrogen-bond donors (Lipinski definition) is 3. The Morgan fingerprint density at radius 2 is 2.00 bits per heavy atom. The summed E-state index contributed by atoms with van der Waals surface area (Å²) < 4.78 is 0. The summed E-state index contributed by atoms with van der Waals surface area (Å²) in [6, 6.07) is 0. The average Bonchev–Trinajstić information content (AvgIpc) is 3.45. The lowest BCUT2D eigenvalue weighted by molar-refractivity contribution is -0.122. The Bertz CT molecular complexity index is 1040. The van der Waals surface area contributed by atoms with Gasteiger partial charge in [0.1, 0.15) is 16.8 Å². The number of rotatable bonds is 8. The molecule has 3 aromatic rings. The standard InChI is InChI=1S/C20H27N9O2S/c1-3-4-5-14(30)25-18(17-24-13-10-21-12-23-16(13)26-17)27-19(31)20-22-11-15(32-20)29-8-6-28(2)7-9-29/h10-12,18H,3-9H2,1-2H3,(H,25,30)(H,27,31)(H,21,23,24,26). The van der Waals surface area contributed by atoms with E-state index >= 15 is 0 Å². The molecule has 0 aliphatic carbocycles. The van der Waals surface area contributed by atoms with Gasteiger partial charge in [-0.1, -0.05) is 24.7 Å². The second kappa shape index (κ2) is 10.0. The maximum atomic E-state index is 13.0. The maximum absolute atomic E-state index is 13.0. The van der Waals surface area contributed by atoms with Crippen LogP contribution in [0.25, 0.3) is 11.2 Å². The molecule has 32 heavy (non-hydrogen) atoms. The van der Waals surface area contributed by atoms with Gasteiger partial charge in [-0.05, 0) is 13.5 Å². The van der Waals surface area contributed by atoms with Crippen molar-refractivity contribution >= 4 is 39.3 Å². The van der Waals surface area contributed by atoms with Gasteiger partial charge in [0.05, 0.1) is 12.4 Å². The smallest absolute Gasteiger partial charge is 0.282 e. The van der Waals surface area contributed by atoms with Crippen molar-refractivity contribution in [2.75, 3.05) is 38.1 Å². The summed E-state index contributed by atoms with van der Waals surface area (Å²) in [6.07, 6.45) is 5.93. The molecule has 4 heterocycles. The minimum Gasteiger partial charge on any atom is -0.360 e. The molecule has 1 unspecified atom stereocenters. The number of unbranched alkanes of at least 4 members (excludes halogenated alkanes) is 1. The van der Waals surface area contributed by atoms with Crippen LogP contribution >= 0.6 is 11.3 Å². The van der Waals surface area contributed by atoms with E-state index in [4.69, 9.17) is 0 Å². The molecular weight excluding hydrogens is 430 g/mol. The van der Waals surface area contributed by atoms with E-state index in [1.165, 1.54) is 17.7 Å². The monoisotopic (exact) mass is 457 g/mol. The van der Waals surface area contributed by atoms with Crippen LogP contribution in [0.5, 0.6) is 0 Å². The van der Waals surface area contributed by atoms with Crippen LogP contribution < -0.4 is 15.5 Å². The molecule has 0 spiro atoms. The molecule has 2 amide bonds. The van der Waals surface area contributed by atoms with E-state index in [2.05, 4.69) is 52.4 Å². The summed E-state index contributed by atoms with van der Waals surface area (Å²) in [6.45, 7) is 5.76. The maximum Gasteiger partial charge on any atom is 0.282 e. The summed E-state index contributed by atoms with van der Waals surface area (Å²) in [5, 5.41) is 7.00. The highest BCUT2D eigenvalue weighted by Gasteiger charge is 2.24. The topological polar surface area (TPSA) is 132 Å². The van der Waals surface area contributed by atoms with Gasteiger partial charge in [0.25, 0.3) is 5.91 Å². The number of H-pyrrole nitrogens is 1. The predicted octanol–water partition coefficient (Wildman–Crippen LogP) is 1.30. The van der Waals surface area contributed by atoms with E-state index in [1.54, 1.807) is 12.4 Å². The van der Waals surface area contributed by atoms with Gasteiger partial charge in [0.15, 0.2) is 22.6 Å². The van der Waals surface area contributed by atoms with E-state index in [1.807, 2.05) is 6.92 Å². The van der Waals surface area contributed by atoms with Crippen LogP contribution in [0.1, 0.15) is 48.0 Å². The molecule has 1 saturated heterocycles. The minimum atomic E-state index is -0.836. The number of nitrogens with one attached hydrogen (secondary N) is 3. The molecule has 0 radical (unpaired) electrons. The number of carbonyl (C=O) groups excluding carboxylic acids is 2. The number of anilines is 1. The van der Waals surface area contributed by atoms with Crippen molar-refractivity contribution in [1.82, 2.24) is 40.5 Å². The number of hydrogen-bond acceptors (Lipinski definition) is 9. The molecule has 3 N–H and O–H groups in total. The van der Waals surface area contributed by atoms with Crippen LogP contribution in [-0.4, -0.2) is 74.9 Å². The third kappa shape index (κ3) is 5.19. The molecule has 1 aliphatic rings. The van der Waals surface area contributed by atoms with Crippen molar-refractivity contribution in [2.45, 2.75) is 32.4 Å². The number of aromatic nitrogens is 5. The van der Waals surface area contributed by atoms with Crippen LogP contribution in [0.15, 0.2) is 18.7 Å². The lowest BCUT2D eigenvalue weighted by Crippen LogP contribution is -2.44. The second-order valence-electron chi connectivity index (χ2n) is 7.75. The normalized spacial score (nSPS) is 15.6. The van der Waals surface area contributed by atoms with Crippen LogP contribution in [0, 0.1) is 0 Å². The molecule has 12 heteroatoms. The number of nitrogens with zero attached hydrogens (tertiary/aromatic N) is 6. The van der Waals surface area contributed by atoms with Crippen LogP contribution in [0.2, 0.25) is 0 Å². The number of thiazole rings is 1. The predicted molar refractivity (Wildman–Crippen MR) is 121 cm³/mol. The Balaban J connectivity index is 1.50. The number of carbonyl (C=O) groups is 2. The summed E-state index contributed by atoms with van der Waals surface area (Å²) >= 11 is 1.34. The van der Waals surface area contributed by atoms with E-state index in [9.17, 15) is 9.59 Å². The zero-order valence-electron chi connectivity index (χ0n) is 18.2. The van der Waals surface area contributed by atoms with E-state index in [-0.39, 0.29) is 11.8 Å². The highest BCUT2D eigenvalue weighted by molar-refractivity contribution is 7.17. The average molecular weight is 458 g/mol. The fourth-order valence-corrected chi connectivity index (χ4v) is 4.27. The van der Waals surface area contributed by atoms with E-state index in [0.717, 1.165) is 44.0 Å². The lowest BCUT2D eigenvalue weighted by Gasteiger charge is -2.32. The van der Waals surface area contributed by atoms with Crippen molar-refractivity contribution < 1.29 is 9.59 Å². The van der Waals surface area contributed by atoms with Gasteiger partial charge < -0.3 is 25.4 Å². The van der Waals surface area contributed by atoms with Gasteiger partial charge in [0, 0.05) is 32.6 Å². The SMILES string of the molecule is CCCCC(=O)NC(NC(=O)c1ncc(N2CCN(C)CC2)s1)c1nc2ncncc2[nH]1. The van der Waals surface area contributed by atoms with Gasteiger partial charge in [0.2, 0.25) is 5.91 Å². The van der Waals surface area contributed by atoms with Gasteiger partial charge >= 0.3 is 0 Å². The fourth-order valence-electron chi connectivity index (χ4n) is 3.40. The largest absolute Gasteiger partial charge is 0.360 e. The molecule has 1 atom stereocenters. The first kappa shape index (κ1) is 22.1. The van der Waals surface area contributed by atoms with Gasteiger partial charge in [-0.3, -0.25) is 9.59 Å². The molecule has 170 valence electrons. The third-order valence-corrected chi connectivity index (χ3v) is 6.35. The highest BCUT2D eigenvalue weighted by Crippen LogP contribution is 2.25. The summed E-state index contributed by atoms with van der Waals surface area (Å²) in [5.41, 5.74) is 1.08. The van der Waals surface area contributed by atoms with Crippen molar-refractivity contribution in [2.24, 2.45) is 0 Å². The molecule has 3 aromatic heterocycles. The molecule has 0 aromatic carbocycles. The first-order valence-corrected chi connectivity index (χ1v) is 11.5. The molecule has 1 aliphatic heterocycles. The number of imidazole rings is 1. The molecule has 11 nitrogen and oxygen atoms in total. The molecule has 1 fully saturated rings. The van der Waals surface area contributed by atoms with Crippen LogP contribution in [0.4, 0.5) is 5.00 Å². The number of amides is 2. The Morgan fingerprint density at radius 3 is 2.75 bits per heavy atom. The van der Waals surface area contributed by atoms with Crippen LogP contribution in [0.3, 0.4) is 0 Å². The summed E-state index contributed by atoms with van der Waals surface area (Å²) in [7, 11) is 2.10. The van der Waals surface area contributed by atoms with Crippen molar-refractivity contribution in [3.05, 3.63) is 29.6 Å². The molecule has 0 bridgehead atoms. The van der Waals surface area contributed by atoms with Gasteiger partial charge in [-0.2, -0.15) is 0 Å². The van der Waals surface area contributed by atoms with Crippen LogP contribution in [-0.2, 0) is 4.79 Å². The summed E-state index contributed by atoms with van der Waals surface area (Å²) in [5.74, 6) is -0.154. The number of aromatic amines is 1.